The average Bonchev–Trinajstić information content (AvgIpc) is 1.66. The third-order valence-corrected chi connectivity index (χ3v) is 7.81. The second kappa shape index (κ2) is 599. The summed E-state index contributed by atoms with van der Waals surface area (Å²) in [6.45, 7) is 155. The van der Waals surface area contributed by atoms with Gasteiger partial charge in [0, 0.05) is 85.7 Å². The summed E-state index contributed by atoms with van der Waals surface area (Å²) in [4.78, 5) is 9.81. The van der Waals surface area contributed by atoms with Crippen LogP contribution in [0.15, 0.2) is 12.7 Å². The zero-order valence-electron chi connectivity index (χ0n) is 94.1. The van der Waals surface area contributed by atoms with Crippen LogP contribution < -0.4 is 0 Å². The number of hydrogen-bond donors (Lipinski definition) is 0. The average molecular weight is 1710 g/mol. The SMILES string of the molecule is C.C.C.C.C.C.C.C.C=CC.CB1OC(C)(C)C(C)(C)O1.CB1OC(C)(C)C(C)(C)O1.CC.CC.CC.CC.CC.CC.CC.CC.CC.CC.CC.CC.CC.CC.CC.CC.CC.CC.CC.CC.CC.CC.CC.CC.CC.CC.CC.CC.CC.CCC(C)=O.CCCC.CCCC.CCS(C)(=O)=O.[B].[B].[B].[B].[B].[B].[B].[B]. The van der Waals surface area contributed by atoms with Gasteiger partial charge >= 0.3 is 14.2 Å². The lowest BCUT2D eigenvalue weighted by molar-refractivity contribution is -0.116. The van der Waals surface area contributed by atoms with Gasteiger partial charge in [-0.25, -0.2) is 8.42 Å². The molecule has 0 amide bonds. The lowest BCUT2D eigenvalue weighted by Crippen LogP contribution is -2.41. The Morgan fingerprint density at radius 3 is 0.328 bits per heavy atom. The van der Waals surface area contributed by atoms with Crippen LogP contribution in [0.1, 0.15) is 604 Å². The molecule has 0 saturated carbocycles. The van der Waals surface area contributed by atoms with Crippen molar-refractivity contribution in [1.29, 1.82) is 0 Å². The zero-order valence-corrected chi connectivity index (χ0v) is 94.9. The van der Waals surface area contributed by atoms with E-state index in [4.69, 9.17) is 18.6 Å². The Kier molecular flexibility index (Phi) is 1820. The molecule has 2 saturated heterocycles. The van der Waals surface area contributed by atoms with Gasteiger partial charge in [-0.15, -0.1) is 6.58 Å². The van der Waals surface area contributed by atoms with Gasteiger partial charge in [-0.2, -0.15) is 0 Å². The van der Waals surface area contributed by atoms with Crippen molar-refractivity contribution in [2.75, 3.05) is 12.0 Å². The first-order chi connectivity index (χ1) is 47.8. The van der Waals surface area contributed by atoms with E-state index in [2.05, 4.69) is 89.7 Å². The van der Waals surface area contributed by atoms with Gasteiger partial charge in [0.05, 0.1) is 22.4 Å². The number of rotatable bonds is 4. The molecule has 2 aliphatic heterocycles. The van der Waals surface area contributed by atoms with Crippen LogP contribution in [-0.2, 0) is 33.2 Å². The molecule has 0 aromatic heterocycles. The Bertz CT molecular complexity index is 740. The van der Waals surface area contributed by atoms with Crippen LogP contribution in [0.2, 0.25) is 13.6 Å². The van der Waals surface area contributed by atoms with Crippen molar-refractivity contribution in [2.45, 2.75) is 640 Å². The van der Waals surface area contributed by atoms with Crippen molar-refractivity contribution in [3.05, 3.63) is 12.7 Å². The van der Waals surface area contributed by atoms with E-state index in [-0.39, 0.29) is 175 Å². The smallest absolute Gasteiger partial charge is 0.403 e. The molecule has 0 atom stereocenters. The molecule has 0 aromatic rings. The molecule has 2 heterocycles. The minimum absolute atomic E-state index is 0. The first kappa shape index (κ1) is 352. The predicted octanol–water partition coefficient (Wildman–Crippen LogP) is 41.1. The molecule has 7 nitrogen and oxygen atoms in total. The lowest BCUT2D eigenvalue weighted by Gasteiger charge is -2.32. The highest BCUT2D eigenvalue weighted by atomic mass is 32.2. The molecule has 18 heteroatoms. The summed E-state index contributed by atoms with van der Waals surface area (Å²) in [6.07, 6.45) is 8.91. The molecule has 0 aliphatic carbocycles. The number of carbonyl (C=O) groups excluding carboxylic acids is 1. The number of allylic oxidation sites excluding steroid dienone is 1. The normalized spacial score (nSPS) is 8.08. The zero-order chi connectivity index (χ0) is 93.0. The maximum atomic E-state index is 10.0. The Morgan fingerprint density at radius 2 is 0.319 bits per heavy atom. The largest absolute Gasteiger partial charge is 0.454 e. The van der Waals surface area contributed by atoms with E-state index in [1.54, 1.807) is 19.9 Å². The molecule has 2 aliphatic rings. The summed E-state index contributed by atoms with van der Waals surface area (Å²) in [7, 11) is -2.79. The van der Waals surface area contributed by atoms with Crippen LogP contribution in [0.5, 0.6) is 0 Å². The highest BCUT2D eigenvalue weighted by molar-refractivity contribution is 7.90. The van der Waals surface area contributed by atoms with Crippen LogP contribution in [0, 0.1) is 0 Å². The Hall–Kier alpha value is -0.151. The summed E-state index contributed by atoms with van der Waals surface area (Å²) in [5, 5.41) is 0. The van der Waals surface area contributed by atoms with Gasteiger partial charge < -0.3 is 23.4 Å². The number of carbonyl (C=O) groups is 1. The fourth-order valence-electron chi connectivity index (χ4n) is 2.28. The fraction of sp³-hybridized carbons (Fsp3) is 0.969. The summed E-state index contributed by atoms with van der Waals surface area (Å²) in [5.74, 6) is 0.498. The first-order valence-corrected chi connectivity index (χ1v) is 46.8. The van der Waals surface area contributed by atoms with Gasteiger partial charge in [0.2, 0.25) is 0 Å². The molecular formula is C98H278B10O7S. The van der Waals surface area contributed by atoms with Crippen LogP contribution in [0.25, 0.3) is 0 Å². The lowest BCUT2D eigenvalue weighted by atomic mass is 9.90. The quantitative estimate of drug-likeness (QED) is 0.205. The summed E-state index contributed by atoms with van der Waals surface area (Å²) < 4.78 is 42.2. The molecule has 0 spiro atoms. The third-order valence-electron chi connectivity index (χ3n) is 6.76. The number of unbranched alkanes of at least 4 members (excludes halogenated alkanes) is 2. The minimum atomic E-state index is -2.66. The molecule has 0 N–H and O–H groups in total. The molecule has 2 fully saturated rings. The van der Waals surface area contributed by atoms with Crippen molar-refractivity contribution in [2.24, 2.45) is 0 Å². The Morgan fingerprint density at radius 1 is 0.267 bits per heavy atom. The number of Topliss-reactive ketones (excluding diaryl/α,β-unsaturated/α-hetero) is 1. The number of hydrogen-bond acceptors (Lipinski definition) is 7. The third kappa shape index (κ3) is 721. The van der Waals surface area contributed by atoms with Crippen LogP contribution >= 0.6 is 0 Å². The maximum absolute atomic E-state index is 10.0. The maximum Gasteiger partial charge on any atom is 0.454 e. The van der Waals surface area contributed by atoms with Crippen molar-refractivity contribution in [3.8, 4) is 0 Å². The van der Waals surface area contributed by atoms with E-state index in [1.165, 1.54) is 31.9 Å². The summed E-state index contributed by atoms with van der Waals surface area (Å²) >= 11 is 0. The first-order valence-electron chi connectivity index (χ1n) is 44.7. The van der Waals surface area contributed by atoms with Crippen molar-refractivity contribution >= 4 is 97.2 Å². The standard InChI is InChI=1S/2C7H15BO2.C4H8O.2C4H10.C3H8O2S.C3H6.29C2H6.8CH4.8B/c2*1-6(2)7(3,4)10-8(5)9-6;1-3-4(2)5;2*1-3-4-2;1-3-6(2,4)5;1-3-2;29*1-2;;;;;;;;;;;;;;;;/h2*1-5H3;3H2,1-2H3;2*3-4H2,1-2H3;3H2,1-2H3;3H,1H2,2H3;29*1-2H3;8*1H4;;;;;;;;. The van der Waals surface area contributed by atoms with Crippen LogP contribution in [-0.4, -0.2) is 130 Å². The van der Waals surface area contributed by atoms with E-state index in [0.717, 1.165) is 0 Å². The van der Waals surface area contributed by atoms with Gasteiger partial charge in [0.15, 0.2) is 0 Å². The van der Waals surface area contributed by atoms with E-state index >= 15 is 0 Å². The van der Waals surface area contributed by atoms with Crippen molar-refractivity contribution < 1.29 is 31.8 Å². The topological polar surface area (TPSA) is 88.1 Å². The molecule has 2 rings (SSSR count). The molecule has 24 radical (unpaired) electrons. The van der Waals surface area contributed by atoms with Gasteiger partial charge in [-0.05, 0) is 82.9 Å². The second-order valence-electron chi connectivity index (χ2n) is 12.3. The highest BCUT2D eigenvalue weighted by Gasteiger charge is 2.49. The van der Waals surface area contributed by atoms with Gasteiger partial charge in [-0.3, -0.25) is 0 Å². The molecule has 748 valence electrons. The number of sulfone groups is 1. The Balaban J connectivity index is -0.00000000819. The van der Waals surface area contributed by atoms with E-state index in [0.29, 0.717) is 6.42 Å². The van der Waals surface area contributed by atoms with Crippen molar-refractivity contribution in [3.63, 3.8) is 0 Å². The van der Waals surface area contributed by atoms with Gasteiger partial charge in [0.25, 0.3) is 0 Å². The Labute approximate surface area is 788 Å². The predicted molar refractivity (Wildman–Crippen MR) is 616 cm³/mol. The van der Waals surface area contributed by atoms with E-state index < -0.39 is 9.84 Å². The monoisotopic (exact) mass is 1710 g/mol. The number of ketones is 1. The second-order valence-corrected chi connectivity index (χ2v) is 14.8. The van der Waals surface area contributed by atoms with Gasteiger partial charge in [0.1, 0.15) is 15.6 Å². The molecular weight excluding hydrogens is 1430 g/mol. The molecule has 0 bridgehead atoms. The summed E-state index contributed by atoms with van der Waals surface area (Å²) in [5.41, 5.74) is -0.641. The van der Waals surface area contributed by atoms with Crippen molar-refractivity contribution in [1.82, 2.24) is 0 Å². The van der Waals surface area contributed by atoms with E-state index in [1.807, 2.05) is 429 Å². The molecule has 0 unspecified atom stereocenters. The minimum Gasteiger partial charge on any atom is -0.403 e. The highest BCUT2D eigenvalue weighted by Crippen LogP contribution is 2.37. The van der Waals surface area contributed by atoms with E-state index in [9.17, 15) is 13.2 Å². The summed E-state index contributed by atoms with van der Waals surface area (Å²) in [6, 6.07) is 0. The van der Waals surface area contributed by atoms with Gasteiger partial charge in [-0.1, -0.05) is 534 Å². The fourth-order valence-corrected chi connectivity index (χ4v) is 2.28. The molecule has 116 heavy (non-hydrogen) atoms. The van der Waals surface area contributed by atoms with Crippen LogP contribution in [0.4, 0.5) is 0 Å². The van der Waals surface area contributed by atoms with Crippen LogP contribution in [0.3, 0.4) is 0 Å². The molecule has 0 aromatic carbocycles.